The van der Waals surface area contributed by atoms with Gasteiger partial charge in [-0.3, -0.25) is 4.79 Å². The lowest BCUT2D eigenvalue weighted by molar-refractivity contribution is -0.132. The predicted octanol–water partition coefficient (Wildman–Crippen LogP) is 4.17. The van der Waals surface area contributed by atoms with Crippen molar-refractivity contribution in [3.05, 3.63) is 47.5 Å². The van der Waals surface area contributed by atoms with Crippen LogP contribution in [0.3, 0.4) is 0 Å². The Kier molecular flexibility index (Phi) is 5.43. The van der Waals surface area contributed by atoms with E-state index in [2.05, 4.69) is 26.5 Å². The lowest BCUT2D eigenvalue weighted by Gasteiger charge is -2.26. The van der Waals surface area contributed by atoms with Crippen molar-refractivity contribution in [1.29, 1.82) is 0 Å². The molecule has 0 saturated carbocycles. The minimum Gasteiger partial charge on any atom is -0.343 e. The lowest BCUT2D eigenvalue weighted by atomic mass is 10.1. The van der Waals surface area contributed by atoms with Crippen LogP contribution in [0.25, 0.3) is 33.9 Å². The van der Waals surface area contributed by atoms with Crippen LogP contribution in [0.2, 0.25) is 0 Å². The fourth-order valence-electron chi connectivity index (χ4n) is 4.34. The number of aromatic nitrogens is 5. The third kappa shape index (κ3) is 4.12. The van der Waals surface area contributed by atoms with Gasteiger partial charge in [0.25, 0.3) is 5.89 Å². The van der Waals surface area contributed by atoms with E-state index in [4.69, 9.17) is 4.52 Å². The highest BCUT2D eigenvalue weighted by Crippen LogP contribution is 2.26. The molecule has 0 radical (unpaired) electrons. The summed E-state index contributed by atoms with van der Waals surface area (Å²) >= 11 is 0. The highest BCUT2D eigenvalue weighted by atomic mass is 16.5. The molecule has 0 N–H and O–H groups in total. The van der Waals surface area contributed by atoms with E-state index in [1.165, 1.54) is 6.42 Å². The number of piperidine rings is 1. The molecule has 5 rings (SSSR count). The molecular formula is C24H26N6O2. The number of nitrogens with zero attached hydrogens (tertiary/aromatic N) is 6. The first-order valence-electron chi connectivity index (χ1n) is 11.1. The number of benzene rings is 2. The molecule has 8 heteroatoms. The Bertz CT molecular complexity index is 1250. The van der Waals surface area contributed by atoms with Crippen LogP contribution in [-0.4, -0.2) is 49.0 Å². The highest BCUT2D eigenvalue weighted by molar-refractivity contribution is 5.80. The molecular weight excluding hydrogens is 404 g/mol. The van der Waals surface area contributed by atoms with Crippen molar-refractivity contribution in [1.82, 2.24) is 30.0 Å². The number of fused-ring (bicyclic) bond motifs is 1. The first-order valence-corrected chi connectivity index (χ1v) is 11.1. The topological polar surface area (TPSA) is 89.9 Å². The van der Waals surface area contributed by atoms with E-state index in [1.54, 1.807) is 4.68 Å². The average Bonchev–Trinajstić information content (AvgIpc) is 3.44. The summed E-state index contributed by atoms with van der Waals surface area (Å²) in [5.74, 6) is 1.19. The predicted molar refractivity (Wildman–Crippen MR) is 121 cm³/mol. The van der Waals surface area contributed by atoms with Crippen LogP contribution >= 0.6 is 0 Å². The summed E-state index contributed by atoms with van der Waals surface area (Å²) in [4.78, 5) is 19.0. The van der Waals surface area contributed by atoms with Crippen molar-refractivity contribution in [2.45, 2.75) is 46.1 Å². The largest absolute Gasteiger partial charge is 0.343 e. The fourth-order valence-corrected chi connectivity index (χ4v) is 4.34. The average molecular weight is 431 g/mol. The molecule has 0 spiro atoms. The van der Waals surface area contributed by atoms with E-state index < -0.39 is 0 Å². The molecule has 32 heavy (non-hydrogen) atoms. The number of carbonyl (C=O) groups is 1. The van der Waals surface area contributed by atoms with Gasteiger partial charge in [-0.05, 0) is 63.4 Å². The van der Waals surface area contributed by atoms with Gasteiger partial charge >= 0.3 is 0 Å². The van der Waals surface area contributed by atoms with Gasteiger partial charge in [-0.1, -0.05) is 27.6 Å². The standard InChI is InChI=1S/C24H26N6O2/c1-16-12-17(2)14-19(13-16)24-25-23(27-32-24)18-6-7-21-20(15-18)26-28-30(21)11-8-22(31)29-9-4-3-5-10-29/h6-7,12-15H,3-5,8-11H2,1-2H3. The van der Waals surface area contributed by atoms with E-state index in [1.807, 2.05) is 49.1 Å². The summed E-state index contributed by atoms with van der Waals surface area (Å²) in [7, 11) is 0. The normalized spacial score (nSPS) is 14.2. The number of carbonyl (C=O) groups excluding carboxylic acids is 1. The van der Waals surface area contributed by atoms with Gasteiger partial charge in [0.15, 0.2) is 0 Å². The molecule has 1 fully saturated rings. The summed E-state index contributed by atoms with van der Waals surface area (Å²) in [6, 6.07) is 12.0. The van der Waals surface area contributed by atoms with Gasteiger partial charge in [-0.2, -0.15) is 4.98 Å². The van der Waals surface area contributed by atoms with Crippen molar-refractivity contribution in [2.75, 3.05) is 13.1 Å². The maximum absolute atomic E-state index is 12.5. The van der Waals surface area contributed by atoms with Gasteiger partial charge in [-0.25, -0.2) is 4.68 Å². The molecule has 1 saturated heterocycles. The third-order valence-corrected chi connectivity index (χ3v) is 5.91. The van der Waals surface area contributed by atoms with Crippen LogP contribution < -0.4 is 0 Å². The summed E-state index contributed by atoms with van der Waals surface area (Å²) in [5, 5.41) is 12.7. The molecule has 1 aliphatic heterocycles. The van der Waals surface area contributed by atoms with Crippen molar-refractivity contribution in [3.8, 4) is 22.8 Å². The summed E-state index contributed by atoms with van der Waals surface area (Å²) in [6.45, 7) is 6.35. The Morgan fingerprint density at radius 3 is 2.56 bits per heavy atom. The number of hydrogen-bond donors (Lipinski definition) is 0. The van der Waals surface area contributed by atoms with E-state index >= 15 is 0 Å². The van der Waals surface area contributed by atoms with E-state index in [9.17, 15) is 4.79 Å². The molecule has 2 aromatic heterocycles. The van der Waals surface area contributed by atoms with Gasteiger partial charge in [-0.15, -0.1) is 5.10 Å². The van der Waals surface area contributed by atoms with Crippen LogP contribution in [0, 0.1) is 13.8 Å². The molecule has 164 valence electrons. The molecule has 0 aliphatic carbocycles. The Hall–Kier alpha value is -3.55. The zero-order chi connectivity index (χ0) is 22.1. The zero-order valence-corrected chi connectivity index (χ0v) is 18.4. The van der Waals surface area contributed by atoms with Crippen molar-refractivity contribution >= 4 is 16.9 Å². The lowest BCUT2D eigenvalue weighted by Crippen LogP contribution is -2.36. The Balaban J connectivity index is 1.33. The molecule has 8 nitrogen and oxygen atoms in total. The zero-order valence-electron chi connectivity index (χ0n) is 18.4. The van der Waals surface area contributed by atoms with Crippen molar-refractivity contribution < 1.29 is 9.32 Å². The Labute approximate surface area is 186 Å². The maximum Gasteiger partial charge on any atom is 0.258 e. The van der Waals surface area contributed by atoms with Gasteiger partial charge in [0.2, 0.25) is 11.7 Å². The molecule has 0 bridgehead atoms. The number of aryl methyl sites for hydroxylation is 3. The second-order valence-corrected chi connectivity index (χ2v) is 8.51. The van der Waals surface area contributed by atoms with Crippen molar-refractivity contribution in [3.63, 3.8) is 0 Å². The first kappa shape index (κ1) is 20.4. The minimum atomic E-state index is 0.190. The quantitative estimate of drug-likeness (QED) is 0.472. The summed E-state index contributed by atoms with van der Waals surface area (Å²) in [6.07, 6.45) is 3.85. The van der Waals surface area contributed by atoms with Crippen LogP contribution in [0.4, 0.5) is 0 Å². The van der Waals surface area contributed by atoms with Crippen molar-refractivity contribution in [2.24, 2.45) is 0 Å². The van der Waals surface area contributed by atoms with E-state index in [0.29, 0.717) is 24.7 Å². The molecule has 2 aromatic carbocycles. The number of likely N-dealkylation sites (tertiary alicyclic amines) is 1. The van der Waals surface area contributed by atoms with Gasteiger partial charge in [0.1, 0.15) is 5.52 Å². The molecule has 1 amide bonds. The second kappa shape index (κ2) is 8.53. The van der Waals surface area contributed by atoms with E-state index in [-0.39, 0.29) is 5.91 Å². The molecule has 1 aliphatic rings. The van der Waals surface area contributed by atoms with E-state index in [0.717, 1.165) is 59.2 Å². The number of amides is 1. The summed E-state index contributed by atoms with van der Waals surface area (Å²) < 4.78 is 7.30. The SMILES string of the molecule is Cc1cc(C)cc(-c2nc(-c3ccc4c(c3)nnn4CCC(=O)N3CCCCC3)no2)c1. The highest BCUT2D eigenvalue weighted by Gasteiger charge is 2.17. The van der Waals surface area contributed by atoms with Gasteiger partial charge in [0.05, 0.1) is 12.1 Å². The second-order valence-electron chi connectivity index (χ2n) is 8.51. The van der Waals surface area contributed by atoms with Crippen LogP contribution in [0.1, 0.15) is 36.8 Å². The van der Waals surface area contributed by atoms with Gasteiger partial charge < -0.3 is 9.42 Å². The summed E-state index contributed by atoms with van der Waals surface area (Å²) in [5.41, 5.74) is 5.65. The molecule has 3 heterocycles. The first-order chi connectivity index (χ1) is 15.6. The number of rotatable bonds is 5. The Morgan fingerprint density at radius 1 is 1.00 bits per heavy atom. The van der Waals surface area contributed by atoms with Crippen LogP contribution in [0.5, 0.6) is 0 Å². The maximum atomic E-state index is 12.5. The number of hydrogen-bond acceptors (Lipinski definition) is 6. The van der Waals surface area contributed by atoms with Crippen LogP contribution in [-0.2, 0) is 11.3 Å². The fraction of sp³-hybridized carbons (Fsp3) is 0.375. The Morgan fingerprint density at radius 2 is 1.78 bits per heavy atom. The minimum absolute atomic E-state index is 0.190. The van der Waals surface area contributed by atoms with Gasteiger partial charge in [0, 0.05) is 30.6 Å². The molecule has 0 atom stereocenters. The van der Waals surface area contributed by atoms with Crippen LogP contribution in [0.15, 0.2) is 40.9 Å². The molecule has 4 aromatic rings. The smallest absolute Gasteiger partial charge is 0.258 e. The molecule has 0 unspecified atom stereocenters. The third-order valence-electron chi connectivity index (χ3n) is 5.91. The monoisotopic (exact) mass is 430 g/mol.